The monoisotopic (exact) mass is 575 g/mol. The number of carbonyl (C=O) groups excluding carboxylic acids is 1. The van der Waals surface area contributed by atoms with Crippen molar-refractivity contribution in [1.29, 1.82) is 0 Å². The Morgan fingerprint density at radius 2 is 1.77 bits per heavy atom. The van der Waals surface area contributed by atoms with Gasteiger partial charge in [0, 0.05) is 43.5 Å². The summed E-state index contributed by atoms with van der Waals surface area (Å²) in [6.07, 6.45) is 6.15. The van der Waals surface area contributed by atoms with Gasteiger partial charge >= 0.3 is 5.97 Å². The Labute approximate surface area is 250 Å². The molecule has 1 amide bonds. The first-order valence-electron chi connectivity index (χ1n) is 15.4. The molecular weight excluding hydrogens is 538 g/mol. The van der Waals surface area contributed by atoms with E-state index in [9.17, 15) is 14.7 Å². The normalized spacial score (nSPS) is 17.7. The van der Waals surface area contributed by atoms with Crippen molar-refractivity contribution in [2.45, 2.75) is 70.9 Å². The Morgan fingerprint density at radius 1 is 0.930 bits per heavy atom. The van der Waals surface area contributed by atoms with Crippen molar-refractivity contribution in [2.75, 3.05) is 6.54 Å². The number of aryl methyl sites for hydroxylation is 4. The summed E-state index contributed by atoms with van der Waals surface area (Å²) in [5, 5.41) is 20.1. The predicted octanol–water partition coefficient (Wildman–Crippen LogP) is 6.15. The summed E-state index contributed by atoms with van der Waals surface area (Å²) in [6, 6.07) is 19.0. The van der Waals surface area contributed by atoms with E-state index in [4.69, 9.17) is 0 Å². The lowest BCUT2D eigenvalue weighted by atomic mass is 9.83. The second-order valence-corrected chi connectivity index (χ2v) is 12.3. The lowest BCUT2D eigenvalue weighted by Crippen LogP contribution is -2.36. The molecule has 0 saturated heterocycles. The maximum Gasteiger partial charge on any atom is 0.304 e. The van der Waals surface area contributed by atoms with E-state index >= 15 is 0 Å². The highest BCUT2D eigenvalue weighted by Crippen LogP contribution is 2.35. The minimum absolute atomic E-state index is 0.0279. The van der Waals surface area contributed by atoms with Gasteiger partial charge in [0.25, 0.3) is 5.91 Å². The molecule has 8 heteroatoms. The number of hydrogen-bond donors (Lipinski definition) is 1. The van der Waals surface area contributed by atoms with Gasteiger partial charge in [-0.3, -0.25) is 9.59 Å². The molecule has 5 heterocycles. The van der Waals surface area contributed by atoms with Crippen molar-refractivity contribution in [3.05, 3.63) is 93.7 Å². The molecule has 0 spiro atoms. The number of hydrogen-bond acceptors (Lipinski definition) is 4. The summed E-state index contributed by atoms with van der Waals surface area (Å²) in [6.45, 7) is 3.99. The number of carboxylic acids is 1. The van der Waals surface area contributed by atoms with Crippen molar-refractivity contribution in [3.63, 3.8) is 0 Å². The standard InChI is InChI=1S/C35H37N5O3/c1-22-28-11-13-31-34(22)36-37-40(31)15-6-4-3-5-7-23-8-12-30-26(17-23)19-32(38(30)2)35(43)39-16-14-24-9-10-25(18-27(24)21-39)29(28)20-33(41)42/h8-13,17-19,29H,3-7,14-16,20-21H2,1-2H3,(H,41,42)/t29-/m0/s1. The SMILES string of the molecule is Cc1c2ccc3c1nnn3CCCCCCc1ccc3c(c1)cc(n3C)C(=O)N1CCc3ccc(cc3C1)[C@@H]2CC(=O)O. The predicted molar refractivity (Wildman–Crippen MR) is 166 cm³/mol. The molecule has 1 N–H and O–H groups in total. The van der Waals surface area contributed by atoms with Crippen LogP contribution in [0.5, 0.6) is 0 Å². The van der Waals surface area contributed by atoms with Crippen molar-refractivity contribution < 1.29 is 14.7 Å². The van der Waals surface area contributed by atoms with Crippen LogP contribution >= 0.6 is 0 Å². The van der Waals surface area contributed by atoms with Crippen LogP contribution in [-0.4, -0.2) is 48.0 Å². The minimum Gasteiger partial charge on any atom is -0.481 e. The number of aliphatic carboxylic acids is 1. The van der Waals surface area contributed by atoms with Crippen molar-refractivity contribution in [3.8, 4) is 0 Å². The molecule has 43 heavy (non-hydrogen) atoms. The quantitative estimate of drug-likeness (QED) is 0.272. The van der Waals surface area contributed by atoms with Gasteiger partial charge in [-0.25, -0.2) is 4.68 Å². The zero-order valence-electron chi connectivity index (χ0n) is 24.8. The molecule has 5 aromatic rings. The highest BCUT2D eigenvalue weighted by atomic mass is 16.4. The number of carbonyl (C=O) groups is 2. The molecule has 8 nitrogen and oxygen atoms in total. The third kappa shape index (κ3) is 4.98. The molecule has 0 saturated carbocycles. The number of fused-ring (bicyclic) bond motifs is 6. The zero-order chi connectivity index (χ0) is 29.7. The van der Waals surface area contributed by atoms with Crippen LogP contribution in [0.3, 0.4) is 0 Å². The van der Waals surface area contributed by atoms with Crippen LogP contribution in [0.15, 0.2) is 54.6 Å². The maximum atomic E-state index is 13.9. The Hall–Kier alpha value is -4.46. The molecule has 2 aromatic heterocycles. The summed E-state index contributed by atoms with van der Waals surface area (Å²) in [7, 11) is 1.97. The molecule has 0 fully saturated rings. The van der Waals surface area contributed by atoms with E-state index in [0.29, 0.717) is 18.8 Å². The van der Waals surface area contributed by atoms with Gasteiger partial charge in [-0.1, -0.05) is 48.4 Å². The summed E-state index contributed by atoms with van der Waals surface area (Å²) < 4.78 is 4.00. The first-order valence-corrected chi connectivity index (χ1v) is 15.4. The fourth-order valence-corrected chi connectivity index (χ4v) is 7.14. The van der Waals surface area contributed by atoms with E-state index in [0.717, 1.165) is 89.3 Å². The third-order valence-corrected chi connectivity index (χ3v) is 9.58. The van der Waals surface area contributed by atoms with Crippen molar-refractivity contribution >= 4 is 33.8 Å². The Balaban J connectivity index is 1.31. The van der Waals surface area contributed by atoms with Crippen LogP contribution in [0.25, 0.3) is 21.9 Å². The molecule has 8 rings (SSSR count). The molecule has 3 aliphatic heterocycles. The van der Waals surface area contributed by atoms with Crippen LogP contribution in [0, 0.1) is 6.92 Å². The first-order chi connectivity index (χ1) is 20.9. The topological polar surface area (TPSA) is 93.3 Å². The Morgan fingerprint density at radius 3 is 2.63 bits per heavy atom. The summed E-state index contributed by atoms with van der Waals surface area (Å²) in [5.41, 5.74) is 10.1. The fraction of sp³-hybridized carbons (Fsp3) is 0.371. The van der Waals surface area contributed by atoms with Crippen LogP contribution in [0.4, 0.5) is 0 Å². The molecule has 10 bridgehead atoms. The van der Waals surface area contributed by atoms with Gasteiger partial charge in [0.05, 0.1) is 11.9 Å². The molecule has 0 radical (unpaired) electrons. The zero-order valence-corrected chi connectivity index (χ0v) is 24.8. The fourth-order valence-electron chi connectivity index (χ4n) is 7.14. The molecule has 3 aliphatic rings. The molecule has 3 aromatic carbocycles. The smallest absolute Gasteiger partial charge is 0.304 e. The van der Waals surface area contributed by atoms with Gasteiger partial charge in [-0.15, -0.1) is 5.10 Å². The van der Waals surface area contributed by atoms with E-state index in [2.05, 4.69) is 52.8 Å². The average Bonchev–Trinajstić information content (AvgIpc) is 3.57. The number of carboxylic acid groups (broad SMARTS) is 1. The first kappa shape index (κ1) is 27.4. The molecule has 1 atom stereocenters. The van der Waals surface area contributed by atoms with E-state index in [1.165, 1.54) is 11.1 Å². The second kappa shape index (κ2) is 11.0. The van der Waals surface area contributed by atoms with E-state index in [1.807, 2.05) is 40.3 Å². The largest absolute Gasteiger partial charge is 0.481 e. The van der Waals surface area contributed by atoms with Crippen LogP contribution in [0.2, 0.25) is 0 Å². The van der Waals surface area contributed by atoms with Gasteiger partial charge in [-0.05, 0) is 90.3 Å². The minimum atomic E-state index is -0.848. The number of nitrogens with zero attached hydrogens (tertiary/aromatic N) is 5. The van der Waals surface area contributed by atoms with E-state index < -0.39 is 5.97 Å². The van der Waals surface area contributed by atoms with Gasteiger partial charge in [0.2, 0.25) is 0 Å². The molecule has 0 unspecified atom stereocenters. The Kier molecular flexibility index (Phi) is 7.00. The number of aromatic nitrogens is 4. The van der Waals surface area contributed by atoms with Gasteiger partial charge in [0.15, 0.2) is 0 Å². The number of amides is 1. The third-order valence-electron chi connectivity index (χ3n) is 9.58. The van der Waals surface area contributed by atoms with Gasteiger partial charge in [-0.2, -0.15) is 0 Å². The average molecular weight is 576 g/mol. The molecule has 0 aliphatic carbocycles. The summed E-state index contributed by atoms with van der Waals surface area (Å²) in [5.74, 6) is -1.16. The second-order valence-electron chi connectivity index (χ2n) is 12.3. The lowest BCUT2D eigenvalue weighted by molar-refractivity contribution is -0.137. The number of benzene rings is 3. The van der Waals surface area contributed by atoms with Crippen molar-refractivity contribution in [2.24, 2.45) is 7.05 Å². The highest BCUT2D eigenvalue weighted by molar-refractivity contribution is 5.99. The van der Waals surface area contributed by atoms with Gasteiger partial charge in [0.1, 0.15) is 11.2 Å². The Bertz CT molecular complexity index is 1880. The lowest BCUT2D eigenvalue weighted by Gasteiger charge is -2.30. The highest BCUT2D eigenvalue weighted by Gasteiger charge is 2.27. The number of rotatable bonds is 2. The summed E-state index contributed by atoms with van der Waals surface area (Å²) >= 11 is 0. The molecule has 220 valence electrons. The molecular formula is C35H37N5O3. The van der Waals surface area contributed by atoms with Crippen LogP contribution in [-0.2, 0) is 37.8 Å². The van der Waals surface area contributed by atoms with Gasteiger partial charge < -0.3 is 14.6 Å². The maximum absolute atomic E-state index is 13.9. The van der Waals surface area contributed by atoms with Crippen LogP contribution < -0.4 is 0 Å². The summed E-state index contributed by atoms with van der Waals surface area (Å²) in [4.78, 5) is 27.9. The van der Waals surface area contributed by atoms with Crippen molar-refractivity contribution in [1.82, 2.24) is 24.5 Å². The van der Waals surface area contributed by atoms with E-state index in [-0.39, 0.29) is 18.2 Å². The van der Waals surface area contributed by atoms with Crippen LogP contribution in [0.1, 0.15) is 81.9 Å². The van der Waals surface area contributed by atoms with E-state index in [1.54, 1.807) is 0 Å².